The van der Waals surface area contributed by atoms with Crippen LogP contribution in [0.4, 0.5) is 0 Å². The molecular weight excluding hydrogens is 1140 g/mol. The first kappa shape index (κ1) is 59.9. The van der Waals surface area contributed by atoms with Crippen LogP contribution in [0.25, 0.3) is 56.5 Å². The van der Waals surface area contributed by atoms with Gasteiger partial charge in [0.15, 0.2) is 0 Å². The number of benzene rings is 4. The molecule has 17 nitrogen and oxygen atoms in total. The number of hydrogen-bond acceptors (Lipinski definition) is 9. The van der Waals surface area contributed by atoms with E-state index in [1.807, 2.05) is 54.6 Å². The van der Waals surface area contributed by atoms with Crippen molar-refractivity contribution in [3.8, 4) is 28.3 Å². The van der Waals surface area contributed by atoms with Gasteiger partial charge in [0.2, 0.25) is 5.91 Å². The van der Waals surface area contributed by atoms with Gasteiger partial charge in [-0.1, -0.05) is 74.7 Å². The molecule has 6 heterocycles. The highest BCUT2D eigenvalue weighted by Gasteiger charge is 2.35. The fraction of sp³-hybridized carbons (Fsp3) is 0.446. The Bertz CT molecular complexity index is 3930. The zero-order valence-electron chi connectivity index (χ0n) is 49.3. The molecule has 4 aliphatic heterocycles. The highest BCUT2D eigenvalue weighted by molar-refractivity contribution is 7.88. The van der Waals surface area contributed by atoms with E-state index in [0.717, 1.165) is 125 Å². The largest absolute Gasteiger partial charge is 0.497 e. The Morgan fingerprint density at radius 1 is 0.565 bits per heavy atom. The number of likely N-dealkylation sites (N-methyl/N-ethyl adjacent to an activating group) is 1. The average molecular weight is 1210 g/mol. The van der Waals surface area contributed by atoms with E-state index >= 15 is 0 Å². The SMILES string of the molecule is CN1CCCCCNC(=O)C2=Cc3ccc(Cl)cc3-c3c(C4CCCCC4)c4ccc(cc4n3C2)C(=O)NS1(=O)=O.COc1ccc2c(c1)C=C1Cn3c-2c(C2CCCCC2)c2ccc(cc23)C(=O)NS(=O)(=O)N(C(C)C)CCCCN(C)C1=O. The molecule has 0 atom stereocenters. The lowest BCUT2D eigenvalue weighted by Crippen LogP contribution is -2.47. The molecule has 4 amide bonds. The van der Waals surface area contributed by atoms with E-state index in [4.69, 9.17) is 16.3 Å². The molecule has 6 aliphatic rings. The second-order valence-corrected chi connectivity index (χ2v) is 27.8. The fourth-order valence-corrected chi connectivity index (χ4v) is 16.1. The number of fused-ring (bicyclic) bond motifs is 8. The van der Waals surface area contributed by atoms with Crippen LogP contribution in [-0.4, -0.2) is 117 Å². The molecule has 2 aliphatic carbocycles. The van der Waals surface area contributed by atoms with Gasteiger partial charge in [0.05, 0.1) is 31.6 Å². The Labute approximate surface area is 504 Å². The summed E-state index contributed by atoms with van der Waals surface area (Å²) in [4.78, 5) is 56.1. The summed E-state index contributed by atoms with van der Waals surface area (Å²) < 4.78 is 69.6. The molecule has 0 unspecified atom stereocenters. The molecule has 8 bridgehead atoms. The summed E-state index contributed by atoms with van der Waals surface area (Å²) in [5.74, 6) is -0.146. The lowest BCUT2D eigenvalue weighted by atomic mass is 9.81. The van der Waals surface area contributed by atoms with Crippen molar-refractivity contribution in [2.24, 2.45) is 0 Å². The molecular formula is C65H77ClN8O9S2. The van der Waals surface area contributed by atoms with Crippen molar-refractivity contribution in [2.75, 3.05) is 47.4 Å². The molecule has 6 aromatic rings. The average Bonchev–Trinajstić information content (AvgIpc) is 1.65. The van der Waals surface area contributed by atoms with E-state index in [2.05, 4.69) is 30.0 Å². The van der Waals surface area contributed by atoms with Crippen molar-refractivity contribution < 1.29 is 40.8 Å². The van der Waals surface area contributed by atoms with E-state index in [0.29, 0.717) is 73.4 Å². The highest BCUT2D eigenvalue weighted by atomic mass is 35.5. The van der Waals surface area contributed by atoms with Gasteiger partial charge < -0.3 is 24.1 Å². The van der Waals surface area contributed by atoms with E-state index < -0.39 is 32.2 Å². The topological polar surface area (TPSA) is 201 Å². The molecule has 85 heavy (non-hydrogen) atoms. The van der Waals surface area contributed by atoms with Crippen molar-refractivity contribution in [3.05, 3.63) is 122 Å². The normalized spacial score (nSPS) is 20.4. The number of methoxy groups -OCH3 is 1. The Morgan fingerprint density at radius 2 is 1.12 bits per heavy atom. The number of ether oxygens (including phenoxy) is 1. The van der Waals surface area contributed by atoms with Crippen molar-refractivity contribution >= 4 is 89.6 Å². The Hall–Kier alpha value is -6.77. The minimum absolute atomic E-state index is 0.0676. The molecule has 450 valence electrons. The second-order valence-electron chi connectivity index (χ2n) is 24.0. The van der Waals surface area contributed by atoms with Gasteiger partial charge >= 0.3 is 20.4 Å². The summed E-state index contributed by atoms with van der Waals surface area (Å²) in [6, 6.07) is 22.4. The predicted octanol–water partition coefficient (Wildman–Crippen LogP) is 11.3. The summed E-state index contributed by atoms with van der Waals surface area (Å²) in [5.41, 5.74) is 11.8. The first-order chi connectivity index (χ1) is 40.8. The van der Waals surface area contributed by atoms with Crippen LogP contribution in [0.15, 0.2) is 83.9 Å². The Balaban J connectivity index is 0.000000177. The monoisotopic (exact) mass is 1210 g/mol. The summed E-state index contributed by atoms with van der Waals surface area (Å²) in [6.07, 6.45) is 18.5. The third-order valence-electron chi connectivity index (χ3n) is 18.1. The standard InChI is InChI=1S/C34H42N4O5S.C31H35ClN4O4S/c1-22(2)38-17-9-8-16-36(3)34(40)26-18-25-19-27(43-4)13-15-28(25)32-31(23-10-6-5-7-11-23)29-14-12-24(20-30(29)37(32)21-26)33(39)35-44(38,41)42;1-35-15-7-3-6-14-33-30(37)23-16-21-10-12-24(32)18-26(21)29-28(20-8-4-2-5-9-20)25-13-11-22(17-27(25)36(29)19-23)31(38)34-41(35,39)40/h12-15,18-20,22-23H,5-11,16-17,21H2,1-4H3,(H,35,39);10-13,16-18,20H,2-9,14-15,19H2,1H3,(H,33,37)(H,34,38). The van der Waals surface area contributed by atoms with Crippen molar-refractivity contribution in [1.82, 2.24) is 37.4 Å². The number of carbonyl (C=O) groups is 4. The van der Waals surface area contributed by atoms with Crippen LogP contribution in [0.3, 0.4) is 0 Å². The van der Waals surface area contributed by atoms with Gasteiger partial charge in [0.1, 0.15) is 5.75 Å². The first-order valence-corrected chi connectivity index (χ1v) is 33.5. The van der Waals surface area contributed by atoms with Crippen molar-refractivity contribution in [1.29, 1.82) is 0 Å². The molecule has 0 spiro atoms. The number of halogens is 1. The number of amides is 4. The smallest absolute Gasteiger partial charge is 0.304 e. The number of carbonyl (C=O) groups excluding carboxylic acids is 4. The van der Waals surface area contributed by atoms with Gasteiger partial charge in [-0.05, 0) is 166 Å². The second kappa shape index (κ2) is 24.9. The van der Waals surface area contributed by atoms with Gasteiger partial charge in [0, 0.05) is 107 Å². The van der Waals surface area contributed by atoms with Crippen LogP contribution < -0.4 is 19.5 Å². The summed E-state index contributed by atoms with van der Waals surface area (Å²) in [6.45, 7) is 5.75. The zero-order valence-corrected chi connectivity index (χ0v) is 51.7. The lowest BCUT2D eigenvalue weighted by Gasteiger charge is -2.26. The van der Waals surface area contributed by atoms with Crippen LogP contribution in [0.2, 0.25) is 5.02 Å². The third-order valence-corrected chi connectivity index (χ3v) is 21.4. The van der Waals surface area contributed by atoms with Crippen LogP contribution in [0.5, 0.6) is 5.75 Å². The molecule has 20 heteroatoms. The van der Waals surface area contributed by atoms with E-state index in [1.165, 1.54) is 39.6 Å². The zero-order chi connectivity index (χ0) is 59.9. The van der Waals surface area contributed by atoms with Gasteiger partial charge in [-0.3, -0.25) is 19.2 Å². The van der Waals surface area contributed by atoms with Gasteiger partial charge in [-0.15, -0.1) is 0 Å². The van der Waals surface area contributed by atoms with Gasteiger partial charge in [-0.2, -0.15) is 25.4 Å². The number of nitrogens with zero attached hydrogens (tertiary/aromatic N) is 5. The van der Waals surface area contributed by atoms with Crippen LogP contribution in [-0.2, 0) is 43.1 Å². The molecule has 2 saturated carbocycles. The van der Waals surface area contributed by atoms with Crippen molar-refractivity contribution in [3.63, 3.8) is 0 Å². The maximum atomic E-state index is 14.0. The maximum Gasteiger partial charge on any atom is 0.304 e. The Morgan fingerprint density at radius 3 is 1.73 bits per heavy atom. The minimum atomic E-state index is -4.08. The van der Waals surface area contributed by atoms with Gasteiger partial charge in [0.25, 0.3) is 17.7 Å². The molecule has 4 aromatic carbocycles. The molecule has 0 saturated heterocycles. The van der Waals surface area contributed by atoms with Crippen LogP contribution >= 0.6 is 11.6 Å². The quantitative estimate of drug-likeness (QED) is 0.154. The predicted molar refractivity (Wildman–Crippen MR) is 335 cm³/mol. The minimum Gasteiger partial charge on any atom is -0.497 e. The summed E-state index contributed by atoms with van der Waals surface area (Å²) in [5, 5.41) is 5.75. The number of nitrogens with one attached hydrogen (secondary N) is 3. The van der Waals surface area contributed by atoms with E-state index in [9.17, 15) is 36.0 Å². The number of aromatic nitrogens is 2. The van der Waals surface area contributed by atoms with Crippen LogP contribution in [0, 0.1) is 0 Å². The Kier molecular flexibility index (Phi) is 17.6. The van der Waals surface area contributed by atoms with E-state index in [-0.39, 0.29) is 42.1 Å². The summed E-state index contributed by atoms with van der Waals surface area (Å²) >= 11 is 6.55. The molecule has 3 N–H and O–H groups in total. The highest BCUT2D eigenvalue weighted by Crippen LogP contribution is 2.49. The molecule has 12 rings (SSSR count). The fourth-order valence-electron chi connectivity index (χ4n) is 13.7. The van der Waals surface area contributed by atoms with Crippen molar-refractivity contribution in [2.45, 2.75) is 141 Å². The number of rotatable bonds is 4. The summed E-state index contributed by atoms with van der Waals surface area (Å²) in [7, 11) is -3.16. The molecule has 2 fully saturated rings. The van der Waals surface area contributed by atoms with Crippen LogP contribution in [0.1, 0.15) is 165 Å². The maximum absolute atomic E-state index is 14.0. The van der Waals surface area contributed by atoms with Gasteiger partial charge in [-0.25, -0.2) is 9.44 Å². The molecule has 0 radical (unpaired) electrons. The van der Waals surface area contributed by atoms with E-state index in [1.54, 1.807) is 57.2 Å². The number of hydrogen-bond donors (Lipinski definition) is 3. The lowest BCUT2D eigenvalue weighted by molar-refractivity contribution is -0.126. The molecule has 2 aromatic heterocycles. The first-order valence-electron chi connectivity index (χ1n) is 30.2. The third kappa shape index (κ3) is 12.2.